The summed E-state index contributed by atoms with van der Waals surface area (Å²) >= 11 is 0.828. The third kappa shape index (κ3) is 2.28. The summed E-state index contributed by atoms with van der Waals surface area (Å²) < 4.78 is 33.6. The summed E-state index contributed by atoms with van der Waals surface area (Å²) in [7, 11) is -4.64. The number of hydrogen-bond acceptors (Lipinski definition) is 4. The fraction of sp³-hybridized carbons (Fsp3) is 0.100. The molecule has 0 amide bonds. The van der Waals surface area contributed by atoms with Crippen molar-refractivity contribution < 1.29 is 12.3 Å². The molecule has 1 aromatic heterocycles. The molecule has 0 aliphatic heterocycles. The lowest BCUT2D eigenvalue weighted by Crippen LogP contribution is -1.85. The van der Waals surface area contributed by atoms with Gasteiger partial charge in [-0.3, -0.25) is 0 Å². The molecule has 84 valence electrons. The first kappa shape index (κ1) is 11.2. The van der Waals surface area contributed by atoms with Crippen molar-refractivity contribution in [2.24, 2.45) is 0 Å². The van der Waals surface area contributed by atoms with Crippen LogP contribution in [0.2, 0.25) is 0 Å². The van der Waals surface area contributed by atoms with E-state index in [-0.39, 0.29) is 4.21 Å². The van der Waals surface area contributed by atoms with Gasteiger partial charge >= 0.3 is 10.2 Å². The van der Waals surface area contributed by atoms with E-state index in [0.29, 0.717) is 5.01 Å². The van der Waals surface area contributed by atoms with Crippen LogP contribution in [0.3, 0.4) is 0 Å². The van der Waals surface area contributed by atoms with E-state index in [1.54, 1.807) is 6.07 Å². The Labute approximate surface area is 96.8 Å². The average Bonchev–Trinajstić information content (AvgIpc) is 2.65. The first-order chi connectivity index (χ1) is 7.47. The van der Waals surface area contributed by atoms with Crippen molar-refractivity contribution in [2.75, 3.05) is 0 Å². The smallest absolute Gasteiger partial charge is 0.243 e. The Bertz CT molecular complexity index is 619. The minimum atomic E-state index is -4.64. The number of aryl methyl sites for hydroxylation is 1. The largest absolute Gasteiger partial charge is 0.343 e. The molecule has 1 heterocycles. The monoisotopic (exact) mass is 257 g/mol. The van der Waals surface area contributed by atoms with Crippen molar-refractivity contribution in [1.82, 2.24) is 4.98 Å². The SMILES string of the molecule is Cc1cccc(-c2ncc(S(=O)(=O)F)s2)c1. The van der Waals surface area contributed by atoms with Crippen molar-refractivity contribution in [2.45, 2.75) is 11.1 Å². The van der Waals surface area contributed by atoms with Gasteiger partial charge in [-0.1, -0.05) is 39.0 Å². The highest BCUT2D eigenvalue weighted by molar-refractivity contribution is 7.88. The summed E-state index contributed by atoms with van der Waals surface area (Å²) in [5, 5.41) is 0.500. The van der Waals surface area contributed by atoms with E-state index in [9.17, 15) is 12.3 Å². The van der Waals surface area contributed by atoms with Gasteiger partial charge in [0.25, 0.3) is 0 Å². The van der Waals surface area contributed by atoms with E-state index in [0.717, 1.165) is 28.7 Å². The van der Waals surface area contributed by atoms with Gasteiger partial charge in [-0.15, -0.1) is 0 Å². The highest BCUT2D eigenvalue weighted by Crippen LogP contribution is 2.29. The predicted octanol–water partition coefficient (Wildman–Crippen LogP) is 2.78. The molecule has 0 unspecified atom stereocenters. The molecule has 0 spiro atoms. The molecule has 0 aliphatic rings. The molecule has 0 radical (unpaired) electrons. The lowest BCUT2D eigenvalue weighted by molar-refractivity contribution is 0.554. The normalized spacial score (nSPS) is 11.6. The van der Waals surface area contributed by atoms with E-state index < -0.39 is 10.2 Å². The summed E-state index contributed by atoms with van der Waals surface area (Å²) in [6.45, 7) is 1.92. The number of halogens is 1. The molecule has 0 saturated carbocycles. The molecule has 0 atom stereocenters. The van der Waals surface area contributed by atoms with Gasteiger partial charge < -0.3 is 0 Å². The maximum atomic E-state index is 12.7. The van der Waals surface area contributed by atoms with Crippen LogP contribution < -0.4 is 0 Å². The van der Waals surface area contributed by atoms with Gasteiger partial charge in [-0.25, -0.2) is 4.98 Å². The molecule has 2 aromatic rings. The summed E-state index contributed by atoms with van der Waals surface area (Å²) in [5.74, 6) is 0. The summed E-state index contributed by atoms with van der Waals surface area (Å²) in [5.41, 5.74) is 1.83. The topological polar surface area (TPSA) is 47.0 Å². The molecule has 0 fully saturated rings. The van der Waals surface area contributed by atoms with Crippen molar-refractivity contribution in [3.63, 3.8) is 0 Å². The van der Waals surface area contributed by atoms with Gasteiger partial charge in [0.2, 0.25) is 0 Å². The highest BCUT2D eigenvalue weighted by Gasteiger charge is 2.16. The van der Waals surface area contributed by atoms with Crippen LogP contribution in [0.1, 0.15) is 5.56 Å². The third-order valence-electron chi connectivity index (χ3n) is 1.99. The fourth-order valence-electron chi connectivity index (χ4n) is 1.28. The van der Waals surface area contributed by atoms with E-state index in [2.05, 4.69) is 4.98 Å². The zero-order chi connectivity index (χ0) is 11.8. The van der Waals surface area contributed by atoms with Gasteiger partial charge in [0.1, 0.15) is 5.01 Å². The maximum absolute atomic E-state index is 12.7. The van der Waals surface area contributed by atoms with Crippen molar-refractivity contribution in [1.29, 1.82) is 0 Å². The Balaban J connectivity index is 2.47. The average molecular weight is 257 g/mol. The molecule has 1 aromatic carbocycles. The second kappa shape index (κ2) is 3.95. The fourth-order valence-corrected chi connectivity index (χ4v) is 2.74. The van der Waals surface area contributed by atoms with Crippen LogP contribution in [0.15, 0.2) is 34.7 Å². The number of thiazole rings is 1. The van der Waals surface area contributed by atoms with Gasteiger partial charge in [0, 0.05) is 5.56 Å². The minimum absolute atomic E-state index is 0.357. The summed E-state index contributed by atoms with van der Waals surface area (Å²) in [4.78, 5) is 3.89. The number of rotatable bonds is 2. The maximum Gasteiger partial charge on any atom is 0.343 e. The van der Waals surface area contributed by atoms with Crippen LogP contribution in [0.4, 0.5) is 3.89 Å². The molecule has 0 bridgehead atoms. The van der Waals surface area contributed by atoms with Crippen LogP contribution in [0.5, 0.6) is 0 Å². The van der Waals surface area contributed by atoms with Crippen molar-refractivity contribution >= 4 is 21.6 Å². The highest BCUT2D eigenvalue weighted by atomic mass is 32.3. The Kier molecular flexibility index (Phi) is 2.77. The third-order valence-corrected chi connectivity index (χ3v) is 4.26. The molecule has 0 N–H and O–H groups in total. The predicted molar refractivity (Wildman–Crippen MR) is 60.6 cm³/mol. The van der Waals surface area contributed by atoms with Crippen LogP contribution in [0.25, 0.3) is 10.6 Å². The van der Waals surface area contributed by atoms with E-state index in [1.165, 1.54) is 0 Å². The lowest BCUT2D eigenvalue weighted by Gasteiger charge is -1.96. The van der Waals surface area contributed by atoms with Crippen LogP contribution in [-0.2, 0) is 10.2 Å². The second-order valence-electron chi connectivity index (χ2n) is 3.29. The van der Waals surface area contributed by atoms with Gasteiger partial charge in [0.05, 0.1) is 6.20 Å². The first-order valence-electron chi connectivity index (χ1n) is 4.44. The zero-order valence-electron chi connectivity index (χ0n) is 8.34. The molecular weight excluding hydrogens is 249 g/mol. The number of aromatic nitrogens is 1. The molecular formula is C10H8FNO2S2. The summed E-state index contributed by atoms with van der Waals surface area (Å²) in [6, 6.07) is 7.44. The Morgan fingerprint density at radius 1 is 1.38 bits per heavy atom. The molecule has 6 heteroatoms. The standard InChI is InChI=1S/C10H8FNO2S2/c1-7-3-2-4-8(5-7)10-12-6-9(15-10)16(11,13)14/h2-6H,1H3. The van der Waals surface area contributed by atoms with Gasteiger partial charge in [-0.05, 0) is 13.0 Å². The first-order valence-corrected chi connectivity index (χ1v) is 6.64. The van der Waals surface area contributed by atoms with Crippen LogP contribution in [-0.4, -0.2) is 13.4 Å². The van der Waals surface area contributed by atoms with Crippen LogP contribution >= 0.6 is 11.3 Å². The van der Waals surface area contributed by atoms with E-state index in [4.69, 9.17) is 0 Å². The number of nitrogens with zero attached hydrogens (tertiary/aromatic N) is 1. The van der Waals surface area contributed by atoms with Crippen molar-refractivity contribution in [3.05, 3.63) is 36.0 Å². The Morgan fingerprint density at radius 3 is 2.69 bits per heavy atom. The van der Waals surface area contributed by atoms with Gasteiger partial charge in [0.15, 0.2) is 4.21 Å². The molecule has 16 heavy (non-hydrogen) atoms. The van der Waals surface area contributed by atoms with Crippen LogP contribution in [0, 0.1) is 6.92 Å². The number of benzene rings is 1. The van der Waals surface area contributed by atoms with Crippen molar-refractivity contribution in [3.8, 4) is 10.6 Å². The Morgan fingerprint density at radius 2 is 2.12 bits per heavy atom. The molecule has 2 rings (SSSR count). The minimum Gasteiger partial charge on any atom is -0.243 e. The summed E-state index contributed by atoms with van der Waals surface area (Å²) in [6.07, 6.45) is 1.04. The molecule has 0 saturated heterocycles. The molecule has 3 nitrogen and oxygen atoms in total. The number of hydrogen-bond donors (Lipinski definition) is 0. The molecule has 0 aliphatic carbocycles. The Hall–Kier alpha value is -1.27. The van der Waals surface area contributed by atoms with Gasteiger partial charge in [-0.2, -0.15) is 8.42 Å². The van der Waals surface area contributed by atoms with E-state index in [1.807, 2.05) is 25.1 Å². The quantitative estimate of drug-likeness (QED) is 0.777. The van der Waals surface area contributed by atoms with E-state index >= 15 is 0 Å². The second-order valence-corrected chi connectivity index (χ2v) is 5.90. The lowest BCUT2D eigenvalue weighted by atomic mass is 10.1. The zero-order valence-corrected chi connectivity index (χ0v) is 9.98.